The summed E-state index contributed by atoms with van der Waals surface area (Å²) >= 11 is 0. The van der Waals surface area contributed by atoms with Crippen LogP contribution in [0.4, 0.5) is 5.69 Å². The van der Waals surface area contributed by atoms with Crippen LogP contribution in [0.25, 0.3) is 0 Å². The number of anilines is 1. The maximum atomic E-state index is 12.4. The van der Waals surface area contributed by atoms with Crippen molar-refractivity contribution in [3.05, 3.63) is 59.7 Å². The third-order valence-corrected chi connectivity index (χ3v) is 4.03. The van der Waals surface area contributed by atoms with Crippen molar-refractivity contribution < 1.29 is 14.3 Å². The normalized spacial score (nSPS) is 11.7. The van der Waals surface area contributed by atoms with E-state index in [9.17, 15) is 9.59 Å². The van der Waals surface area contributed by atoms with E-state index >= 15 is 0 Å². The van der Waals surface area contributed by atoms with Crippen LogP contribution in [0.5, 0.6) is 5.75 Å². The van der Waals surface area contributed by atoms with E-state index in [-0.39, 0.29) is 17.9 Å². The number of ether oxygens (including phenoxy) is 1. The van der Waals surface area contributed by atoms with Gasteiger partial charge in [-0.25, -0.2) is 0 Å². The lowest BCUT2D eigenvalue weighted by Crippen LogP contribution is -2.34. The quantitative estimate of drug-likeness (QED) is 0.801. The number of benzene rings is 2. The zero-order valence-electron chi connectivity index (χ0n) is 15.6. The minimum Gasteiger partial charge on any atom is -0.497 e. The van der Waals surface area contributed by atoms with Crippen molar-refractivity contribution in [2.45, 2.75) is 13.0 Å². The molecule has 0 unspecified atom stereocenters. The summed E-state index contributed by atoms with van der Waals surface area (Å²) in [5.74, 6) is 0.484. The van der Waals surface area contributed by atoms with E-state index in [1.54, 1.807) is 31.4 Å². The molecule has 0 aliphatic heterocycles. The van der Waals surface area contributed by atoms with E-state index in [1.165, 1.54) is 6.92 Å². The summed E-state index contributed by atoms with van der Waals surface area (Å²) in [7, 11) is 5.58. The van der Waals surface area contributed by atoms with Crippen molar-refractivity contribution in [2.75, 3.05) is 33.1 Å². The Bertz CT molecular complexity index is 757. The number of carbonyl (C=O) groups excluding carboxylic acids is 2. The van der Waals surface area contributed by atoms with E-state index in [2.05, 4.69) is 15.5 Å². The minimum atomic E-state index is -0.158. The molecule has 1 atom stereocenters. The van der Waals surface area contributed by atoms with Crippen LogP contribution in [0.2, 0.25) is 0 Å². The van der Waals surface area contributed by atoms with Gasteiger partial charge in [0.05, 0.1) is 13.2 Å². The molecule has 0 aliphatic rings. The third-order valence-electron chi connectivity index (χ3n) is 4.03. The van der Waals surface area contributed by atoms with E-state index in [1.807, 2.05) is 38.4 Å². The van der Waals surface area contributed by atoms with Crippen molar-refractivity contribution in [3.63, 3.8) is 0 Å². The number of nitrogens with zero attached hydrogens (tertiary/aromatic N) is 1. The number of methoxy groups -OCH3 is 1. The van der Waals surface area contributed by atoms with Gasteiger partial charge in [0.15, 0.2) is 0 Å². The van der Waals surface area contributed by atoms with Gasteiger partial charge in [-0.1, -0.05) is 12.1 Å². The molecule has 6 nitrogen and oxygen atoms in total. The highest BCUT2D eigenvalue weighted by atomic mass is 16.5. The number of rotatable bonds is 7. The summed E-state index contributed by atoms with van der Waals surface area (Å²) < 4.78 is 5.28. The first-order valence-electron chi connectivity index (χ1n) is 8.37. The number of hydrogen-bond donors (Lipinski definition) is 2. The molecule has 0 heterocycles. The number of amides is 2. The molecule has 26 heavy (non-hydrogen) atoms. The van der Waals surface area contributed by atoms with Gasteiger partial charge < -0.3 is 20.3 Å². The topological polar surface area (TPSA) is 70.7 Å². The smallest absolute Gasteiger partial charge is 0.251 e. The lowest BCUT2D eigenvalue weighted by Gasteiger charge is -2.25. The fourth-order valence-electron chi connectivity index (χ4n) is 2.65. The zero-order chi connectivity index (χ0) is 19.1. The van der Waals surface area contributed by atoms with Gasteiger partial charge in [0.25, 0.3) is 5.91 Å². The maximum absolute atomic E-state index is 12.4. The van der Waals surface area contributed by atoms with Crippen molar-refractivity contribution in [1.29, 1.82) is 0 Å². The molecule has 0 bridgehead atoms. The predicted octanol–water partition coefficient (Wildman–Crippen LogP) is 2.69. The molecular formula is C20H25N3O3. The lowest BCUT2D eigenvalue weighted by atomic mass is 10.1. The monoisotopic (exact) mass is 355 g/mol. The van der Waals surface area contributed by atoms with Gasteiger partial charge in [0.1, 0.15) is 5.75 Å². The van der Waals surface area contributed by atoms with Gasteiger partial charge in [0.2, 0.25) is 5.91 Å². The number of nitrogens with one attached hydrogen (secondary N) is 2. The highest BCUT2D eigenvalue weighted by Gasteiger charge is 2.16. The highest BCUT2D eigenvalue weighted by molar-refractivity contribution is 5.95. The van der Waals surface area contributed by atoms with E-state index < -0.39 is 0 Å². The lowest BCUT2D eigenvalue weighted by molar-refractivity contribution is -0.114. The number of likely N-dealkylation sites (N-methyl/N-ethyl adjacent to an activating group) is 1. The molecular weight excluding hydrogens is 330 g/mol. The summed E-state index contributed by atoms with van der Waals surface area (Å²) in [5, 5.41) is 5.65. The van der Waals surface area contributed by atoms with Crippen LogP contribution in [0.3, 0.4) is 0 Å². The Kier molecular flexibility index (Phi) is 6.74. The molecule has 2 amide bonds. The van der Waals surface area contributed by atoms with Crippen molar-refractivity contribution in [1.82, 2.24) is 10.2 Å². The molecule has 2 N–H and O–H groups in total. The highest BCUT2D eigenvalue weighted by Crippen LogP contribution is 2.22. The molecule has 2 rings (SSSR count). The van der Waals surface area contributed by atoms with Crippen LogP contribution >= 0.6 is 0 Å². The Hall–Kier alpha value is -2.86. The molecule has 0 spiro atoms. The second-order valence-corrected chi connectivity index (χ2v) is 6.22. The summed E-state index contributed by atoms with van der Waals surface area (Å²) in [5.41, 5.74) is 2.27. The summed E-state index contributed by atoms with van der Waals surface area (Å²) in [6, 6.07) is 14.6. The van der Waals surface area contributed by atoms with Crippen LogP contribution in [0.15, 0.2) is 48.5 Å². The Labute approximate surface area is 154 Å². The number of hydrogen-bond acceptors (Lipinski definition) is 4. The largest absolute Gasteiger partial charge is 0.497 e. The molecule has 0 saturated carbocycles. The van der Waals surface area contributed by atoms with Gasteiger partial charge >= 0.3 is 0 Å². The Balaban J connectivity index is 2.04. The van der Waals surface area contributed by atoms with Crippen molar-refractivity contribution in [3.8, 4) is 5.75 Å². The average Bonchev–Trinajstić information content (AvgIpc) is 2.61. The van der Waals surface area contributed by atoms with Crippen LogP contribution in [0.1, 0.15) is 28.9 Å². The van der Waals surface area contributed by atoms with Gasteiger partial charge in [-0.3, -0.25) is 9.59 Å². The standard InChI is InChI=1S/C20H25N3O3/c1-14(24)22-17-10-8-15(9-11-17)20(25)21-13-19(23(2)3)16-6-5-7-18(12-16)26-4/h5-12,19H,13H2,1-4H3,(H,21,25)(H,22,24)/t19-/m0/s1. The van der Waals surface area contributed by atoms with Crippen molar-refractivity contribution in [2.24, 2.45) is 0 Å². The minimum absolute atomic E-state index is 0.0210. The number of carbonyl (C=O) groups is 2. The predicted molar refractivity (Wildman–Crippen MR) is 103 cm³/mol. The first kappa shape index (κ1) is 19.5. The fraction of sp³-hybridized carbons (Fsp3) is 0.300. The summed E-state index contributed by atoms with van der Waals surface area (Å²) in [6.45, 7) is 1.91. The molecule has 0 radical (unpaired) electrons. The van der Waals surface area contributed by atoms with Crippen LogP contribution in [-0.2, 0) is 4.79 Å². The maximum Gasteiger partial charge on any atom is 0.251 e. The van der Waals surface area contributed by atoms with Crippen molar-refractivity contribution >= 4 is 17.5 Å². The summed E-state index contributed by atoms with van der Waals surface area (Å²) in [6.07, 6.45) is 0. The summed E-state index contributed by atoms with van der Waals surface area (Å²) in [4.78, 5) is 25.5. The molecule has 2 aromatic rings. The third kappa shape index (κ3) is 5.32. The van der Waals surface area contributed by atoms with Gasteiger partial charge in [-0.15, -0.1) is 0 Å². The van der Waals surface area contributed by atoms with Crippen LogP contribution in [0, 0.1) is 0 Å². The fourth-order valence-corrected chi connectivity index (χ4v) is 2.65. The second-order valence-electron chi connectivity index (χ2n) is 6.22. The zero-order valence-corrected chi connectivity index (χ0v) is 15.6. The Morgan fingerprint density at radius 1 is 1.12 bits per heavy atom. The molecule has 0 saturated heterocycles. The Morgan fingerprint density at radius 2 is 1.81 bits per heavy atom. The first-order valence-corrected chi connectivity index (χ1v) is 8.37. The Morgan fingerprint density at radius 3 is 2.38 bits per heavy atom. The molecule has 0 aromatic heterocycles. The van der Waals surface area contributed by atoms with E-state index in [4.69, 9.17) is 4.74 Å². The van der Waals surface area contributed by atoms with Gasteiger partial charge in [0, 0.05) is 24.7 Å². The van der Waals surface area contributed by atoms with E-state index in [0.717, 1.165) is 11.3 Å². The first-order chi connectivity index (χ1) is 12.4. The van der Waals surface area contributed by atoms with Crippen LogP contribution < -0.4 is 15.4 Å². The molecule has 138 valence electrons. The SMILES string of the molecule is COc1cccc([C@H](CNC(=O)c2ccc(NC(C)=O)cc2)N(C)C)c1. The average molecular weight is 355 g/mol. The molecule has 0 aliphatic carbocycles. The molecule has 6 heteroatoms. The second kappa shape index (κ2) is 9.01. The van der Waals surface area contributed by atoms with Gasteiger partial charge in [-0.2, -0.15) is 0 Å². The molecule has 0 fully saturated rings. The van der Waals surface area contributed by atoms with E-state index in [0.29, 0.717) is 17.8 Å². The van der Waals surface area contributed by atoms with Gasteiger partial charge in [-0.05, 0) is 56.1 Å². The molecule has 2 aromatic carbocycles. The van der Waals surface area contributed by atoms with Crippen LogP contribution in [-0.4, -0.2) is 44.5 Å².